The molecule has 1 rings (SSSR count). The van der Waals surface area contributed by atoms with Crippen LogP contribution in [0.25, 0.3) is 0 Å². The van der Waals surface area contributed by atoms with Crippen molar-refractivity contribution in [2.75, 3.05) is 27.9 Å². The van der Waals surface area contributed by atoms with Crippen molar-refractivity contribution in [3.63, 3.8) is 0 Å². The van der Waals surface area contributed by atoms with Crippen LogP contribution in [0.15, 0.2) is 22.7 Å². The SMILES string of the molecule is CCCCCCCCOc1c(Br)cccc1[Si](OC)(OC)OC. The van der Waals surface area contributed by atoms with Crippen molar-refractivity contribution in [1.82, 2.24) is 0 Å². The number of benzene rings is 1. The second kappa shape index (κ2) is 11.2. The molecule has 0 aliphatic heterocycles. The zero-order valence-corrected chi connectivity index (χ0v) is 17.3. The van der Waals surface area contributed by atoms with E-state index in [0.29, 0.717) is 6.61 Å². The molecule has 0 saturated heterocycles. The van der Waals surface area contributed by atoms with E-state index in [9.17, 15) is 0 Å². The number of ether oxygens (including phenoxy) is 1. The van der Waals surface area contributed by atoms with Crippen molar-refractivity contribution in [2.24, 2.45) is 0 Å². The zero-order valence-electron chi connectivity index (χ0n) is 14.7. The number of halogens is 1. The van der Waals surface area contributed by atoms with Gasteiger partial charge < -0.3 is 18.0 Å². The van der Waals surface area contributed by atoms with Gasteiger partial charge in [0.05, 0.1) is 16.3 Å². The minimum Gasteiger partial charge on any atom is -0.492 e. The van der Waals surface area contributed by atoms with E-state index in [1.165, 1.54) is 32.1 Å². The first-order valence-corrected chi connectivity index (χ1v) is 10.7. The topological polar surface area (TPSA) is 36.9 Å². The highest BCUT2D eigenvalue weighted by Gasteiger charge is 2.44. The van der Waals surface area contributed by atoms with Gasteiger partial charge in [0.2, 0.25) is 0 Å². The van der Waals surface area contributed by atoms with E-state index in [1.807, 2.05) is 18.2 Å². The van der Waals surface area contributed by atoms with Crippen LogP contribution in [0, 0.1) is 0 Å². The number of hydrogen-bond donors (Lipinski definition) is 0. The van der Waals surface area contributed by atoms with Crippen molar-refractivity contribution in [3.8, 4) is 5.75 Å². The lowest BCUT2D eigenvalue weighted by atomic mass is 10.1. The third-order valence-electron chi connectivity index (χ3n) is 3.85. The summed E-state index contributed by atoms with van der Waals surface area (Å²) in [4.78, 5) is 0. The molecule has 0 aromatic heterocycles. The molecule has 0 saturated carbocycles. The van der Waals surface area contributed by atoms with Gasteiger partial charge in [-0.3, -0.25) is 0 Å². The molecule has 0 amide bonds. The predicted octanol–water partition coefficient (Wildman–Crippen LogP) is 4.27. The molecule has 6 heteroatoms. The summed E-state index contributed by atoms with van der Waals surface area (Å²) in [7, 11) is 1.92. The summed E-state index contributed by atoms with van der Waals surface area (Å²) in [5.74, 6) is 0.762. The predicted molar refractivity (Wildman–Crippen MR) is 99.4 cm³/mol. The maximum absolute atomic E-state index is 6.03. The summed E-state index contributed by atoms with van der Waals surface area (Å²) in [6, 6.07) is 5.85. The fourth-order valence-electron chi connectivity index (χ4n) is 2.53. The summed E-state index contributed by atoms with van der Waals surface area (Å²) in [5, 5.41) is 0.852. The first-order chi connectivity index (χ1) is 11.1. The second-order valence-electron chi connectivity index (χ2n) is 5.40. The molecule has 0 fully saturated rings. The molecule has 0 bridgehead atoms. The Bertz CT molecular complexity index is 444. The highest BCUT2D eigenvalue weighted by atomic mass is 79.9. The van der Waals surface area contributed by atoms with Gasteiger partial charge in [0, 0.05) is 21.3 Å². The van der Waals surface area contributed by atoms with Crippen LogP contribution in [0.4, 0.5) is 0 Å². The van der Waals surface area contributed by atoms with Gasteiger partial charge in [0.1, 0.15) is 5.75 Å². The van der Waals surface area contributed by atoms with Gasteiger partial charge in [-0.2, -0.15) is 0 Å². The average molecular weight is 405 g/mol. The molecule has 0 aliphatic carbocycles. The van der Waals surface area contributed by atoms with Crippen molar-refractivity contribution in [1.29, 1.82) is 0 Å². The minimum atomic E-state index is -2.91. The smallest absolute Gasteiger partial charge is 0.492 e. The van der Waals surface area contributed by atoms with E-state index >= 15 is 0 Å². The molecule has 0 unspecified atom stereocenters. The van der Waals surface area contributed by atoms with Crippen molar-refractivity contribution in [2.45, 2.75) is 45.4 Å². The molecule has 1 aromatic rings. The molecule has 0 aliphatic rings. The van der Waals surface area contributed by atoms with E-state index < -0.39 is 8.80 Å². The van der Waals surface area contributed by atoms with E-state index in [1.54, 1.807) is 21.3 Å². The Hall–Kier alpha value is -0.403. The van der Waals surface area contributed by atoms with Gasteiger partial charge in [0.15, 0.2) is 0 Å². The van der Waals surface area contributed by atoms with Gasteiger partial charge in [-0.1, -0.05) is 51.2 Å². The van der Waals surface area contributed by atoms with Crippen LogP contribution in [0.2, 0.25) is 0 Å². The summed E-state index contributed by atoms with van der Waals surface area (Å²) >= 11 is 3.56. The molecule has 0 N–H and O–H groups in total. The van der Waals surface area contributed by atoms with Crippen LogP contribution in [-0.4, -0.2) is 36.7 Å². The Morgan fingerprint density at radius 1 is 0.913 bits per heavy atom. The standard InChI is InChI=1S/C17H29BrO4Si/c1-5-6-7-8-9-10-14-22-17-15(18)12-11-13-16(17)23(19-2,20-3)21-4/h11-13H,5-10,14H2,1-4H3. The van der Waals surface area contributed by atoms with Crippen molar-refractivity contribution >= 4 is 29.9 Å². The zero-order chi connectivity index (χ0) is 17.1. The van der Waals surface area contributed by atoms with E-state index in [0.717, 1.165) is 21.8 Å². The maximum atomic E-state index is 6.03. The average Bonchev–Trinajstić information content (AvgIpc) is 2.58. The fraction of sp³-hybridized carbons (Fsp3) is 0.647. The van der Waals surface area contributed by atoms with E-state index in [-0.39, 0.29) is 0 Å². The summed E-state index contributed by atoms with van der Waals surface area (Å²) in [6.45, 7) is 2.92. The van der Waals surface area contributed by atoms with Crippen molar-refractivity contribution in [3.05, 3.63) is 22.7 Å². The molecule has 0 heterocycles. The lowest BCUT2D eigenvalue weighted by molar-refractivity contribution is 0.139. The Kier molecular flexibility index (Phi) is 10.1. The Labute approximate surface area is 150 Å². The lowest BCUT2D eigenvalue weighted by Gasteiger charge is -2.26. The van der Waals surface area contributed by atoms with Crippen LogP contribution < -0.4 is 9.92 Å². The Morgan fingerprint density at radius 3 is 2.13 bits per heavy atom. The van der Waals surface area contributed by atoms with Crippen LogP contribution >= 0.6 is 15.9 Å². The van der Waals surface area contributed by atoms with Gasteiger partial charge in [-0.25, -0.2) is 0 Å². The van der Waals surface area contributed by atoms with E-state index in [4.69, 9.17) is 18.0 Å². The maximum Gasteiger partial charge on any atom is 0.540 e. The molecule has 23 heavy (non-hydrogen) atoms. The van der Waals surface area contributed by atoms with Crippen LogP contribution in [-0.2, 0) is 13.3 Å². The number of para-hydroxylation sites is 1. The lowest BCUT2D eigenvalue weighted by Crippen LogP contribution is -2.55. The Balaban J connectivity index is 2.71. The molecule has 4 nitrogen and oxygen atoms in total. The molecular weight excluding hydrogens is 376 g/mol. The monoisotopic (exact) mass is 404 g/mol. The highest BCUT2D eigenvalue weighted by Crippen LogP contribution is 2.26. The summed E-state index contributed by atoms with van der Waals surface area (Å²) < 4.78 is 23.7. The first kappa shape index (κ1) is 20.6. The molecule has 132 valence electrons. The second-order valence-corrected chi connectivity index (χ2v) is 9.13. The highest BCUT2D eigenvalue weighted by molar-refractivity contribution is 9.10. The van der Waals surface area contributed by atoms with Gasteiger partial charge >= 0.3 is 8.80 Å². The van der Waals surface area contributed by atoms with Gasteiger partial charge in [-0.15, -0.1) is 0 Å². The summed E-state index contributed by atoms with van der Waals surface area (Å²) in [5.41, 5.74) is 0. The van der Waals surface area contributed by atoms with Gasteiger partial charge in [0.25, 0.3) is 0 Å². The minimum absolute atomic E-state index is 0.684. The number of hydrogen-bond acceptors (Lipinski definition) is 4. The molecular formula is C17H29BrO4Si. The normalized spacial score (nSPS) is 11.7. The summed E-state index contributed by atoms with van der Waals surface area (Å²) in [6.07, 6.45) is 7.41. The molecule has 1 aromatic carbocycles. The quantitative estimate of drug-likeness (QED) is 0.384. The van der Waals surface area contributed by atoms with Crippen LogP contribution in [0.1, 0.15) is 45.4 Å². The van der Waals surface area contributed by atoms with Crippen LogP contribution in [0.5, 0.6) is 5.75 Å². The van der Waals surface area contributed by atoms with Gasteiger partial charge in [-0.05, 0) is 28.4 Å². The first-order valence-electron chi connectivity index (χ1n) is 8.22. The van der Waals surface area contributed by atoms with Crippen molar-refractivity contribution < 1.29 is 18.0 Å². The van der Waals surface area contributed by atoms with E-state index in [2.05, 4.69) is 22.9 Å². The molecule has 0 radical (unpaired) electrons. The Morgan fingerprint density at radius 2 is 1.52 bits per heavy atom. The third kappa shape index (κ3) is 5.87. The third-order valence-corrected chi connectivity index (χ3v) is 7.14. The number of rotatable bonds is 12. The molecule has 0 spiro atoms. The fourth-order valence-corrected chi connectivity index (χ4v) is 5.14. The molecule has 0 atom stereocenters. The largest absolute Gasteiger partial charge is 0.540 e. The number of unbranched alkanes of at least 4 members (excludes halogenated alkanes) is 5. The van der Waals surface area contributed by atoms with Crippen LogP contribution in [0.3, 0.4) is 0 Å².